The molecule has 0 atom stereocenters. The van der Waals surface area contributed by atoms with Crippen LogP contribution in [-0.4, -0.2) is 11.7 Å². The summed E-state index contributed by atoms with van der Waals surface area (Å²) in [5.41, 5.74) is 3.71. The molecular weight excluding hydrogens is 402 g/mol. The molecule has 2 aromatic carbocycles. The summed E-state index contributed by atoms with van der Waals surface area (Å²) in [6.07, 6.45) is 0. The number of hydrogen-bond acceptors (Lipinski definition) is 3. The second-order valence-corrected chi connectivity index (χ2v) is 9.77. The first-order valence-corrected chi connectivity index (χ1v) is 10.6. The van der Waals surface area contributed by atoms with Gasteiger partial charge in [-0.2, -0.15) is 0 Å². The number of anilines is 1. The number of halogens is 1. The standard InChI is InChI=1S/C24H24ClNO2S/c1-14-15(2)29-23(20(14)21(27)16-8-12-19(25)13-9-16)26-22(28)17-6-10-18(11-7-17)24(3,4)5/h6-13H,1-5H3,(H,26,28). The number of nitrogens with one attached hydrogen (secondary N) is 1. The maximum absolute atomic E-state index is 13.1. The van der Waals surface area contributed by atoms with E-state index in [1.165, 1.54) is 11.3 Å². The van der Waals surface area contributed by atoms with E-state index in [2.05, 4.69) is 26.1 Å². The maximum Gasteiger partial charge on any atom is 0.256 e. The van der Waals surface area contributed by atoms with E-state index in [9.17, 15) is 9.59 Å². The Kier molecular flexibility index (Phi) is 5.97. The van der Waals surface area contributed by atoms with Crippen molar-refractivity contribution in [3.05, 3.63) is 86.2 Å². The van der Waals surface area contributed by atoms with E-state index in [0.29, 0.717) is 26.7 Å². The SMILES string of the molecule is Cc1sc(NC(=O)c2ccc(C(C)(C)C)cc2)c(C(=O)c2ccc(Cl)cc2)c1C. The van der Waals surface area contributed by atoms with Crippen molar-refractivity contribution >= 4 is 39.6 Å². The molecule has 0 saturated carbocycles. The second kappa shape index (κ2) is 8.13. The van der Waals surface area contributed by atoms with Crippen LogP contribution in [-0.2, 0) is 5.41 Å². The fourth-order valence-corrected chi connectivity index (χ4v) is 4.21. The third kappa shape index (κ3) is 4.60. The van der Waals surface area contributed by atoms with Gasteiger partial charge in [-0.3, -0.25) is 9.59 Å². The van der Waals surface area contributed by atoms with E-state index >= 15 is 0 Å². The molecule has 0 spiro atoms. The molecule has 3 nitrogen and oxygen atoms in total. The zero-order chi connectivity index (χ0) is 21.3. The molecule has 1 aromatic heterocycles. The summed E-state index contributed by atoms with van der Waals surface area (Å²) in [6.45, 7) is 10.3. The summed E-state index contributed by atoms with van der Waals surface area (Å²) in [4.78, 5) is 26.9. The zero-order valence-electron chi connectivity index (χ0n) is 17.2. The van der Waals surface area contributed by atoms with E-state index in [-0.39, 0.29) is 17.1 Å². The average molecular weight is 426 g/mol. The van der Waals surface area contributed by atoms with Gasteiger partial charge >= 0.3 is 0 Å². The first-order chi connectivity index (χ1) is 13.6. The highest BCUT2D eigenvalue weighted by Crippen LogP contribution is 2.34. The summed E-state index contributed by atoms with van der Waals surface area (Å²) in [5, 5.41) is 4.09. The van der Waals surface area contributed by atoms with Gasteiger partial charge in [0.05, 0.1) is 5.56 Å². The highest BCUT2D eigenvalue weighted by Gasteiger charge is 2.23. The molecule has 0 aliphatic rings. The van der Waals surface area contributed by atoms with Crippen molar-refractivity contribution in [3.8, 4) is 0 Å². The normalized spacial score (nSPS) is 11.4. The number of amides is 1. The minimum absolute atomic E-state index is 0.0230. The molecule has 0 bridgehead atoms. The maximum atomic E-state index is 13.1. The highest BCUT2D eigenvalue weighted by molar-refractivity contribution is 7.17. The van der Waals surface area contributed by atoms with E-state index in [1.54, 1.807) is 24.3 Å². The first-order valence-electron chi connectivity index (χ1n) is 9.40. The molecular formula is C24H24ClNO2S. The molecule has 0 radical (unpaired) electrons. The lowest BCUT2D eigenvalue weighted by Gasteiger charge is -2.19. The summed E-state index contributed by atoms with van der Waals surface area (Å²) in [5.74, 6) is -0.348. The number of benzene rings is 2. The fraction of sp³-hybridized carbons (Fsp3) is 0.250. The van der Waals surface area contributed by atoms with Gasteiger partial charge in [-0.05, 0) is 66.8 Å². The lowest BCUT2D eigenvalue weighted by Crippen LogP contribution is -2.15. The average Bonchev–Trinajstić information content (AvgIpc) is 2.94. The number of ketones is 1. The number of aryl methyl sites for hydroxylation is 1. The Hall–Kier alpha value is -2.43. The van der Waals surface area contributed by atoms with Gasteiger partial charge in [-0.25, -0.2) is 0 Å². The summed E-state index contributed by atoms with van der Waals surface area (Å²) >= 11 is 7.36. The Bertz CT molecular complexity index is 1060. The molecule has 5 heteroatoms. The molecule has 0 aliphatic carbocycles. The van der Waals surface area contributed by atoms with Gasteiger partial charge in [-0.15, -0.1) is 11.3 Å². The van der Waals surface area contributed by atoms with Crippen LogP contribution in [0.2, 0.25) is 5.02 Å². The largest absolute Gasteiger partial charge is 0.313 e. The zero-order valence-corrected chi connectivity index (χ0v) is 18.8. The van der Waals surface area contributed by atoms with Crippen molar-refractivity contribution in [1.29, 1.82) is 0 Å². The summed E-state index contributed by atoms with van der Waals surface area (Å²) in [7, 11) is 0. The first kappa shape index (κ1) is 21.3. The molecule has 0 saturated heterocycles. The third-order valence-corrected chi connectivity index (χ3v) is 6.33. The minimum Gasteiger partial charge on any atom is -0.313 e. The van der Waals surface area contributed by atoms with Gasteiger partial charge < -0.3 is 5.32 Å². The molecule has 29 heavy (non-hydrogen) atoms. The number of rotatable bonds is 4. The van der Waals surface area contributed by atoms with Crippen LogP contribution in [0.3, 0.4) is 0 Å². The molecule has 3 rings (SSSR count). The van der Waals surface area contributed by atoms with Crippen LogP contribution in [0.25, 0.3) is 0 Å². The lowest BCUT2D eigenvalue weighted by atomic mass is 9.87. The van der Waals surface area contributed by atoms with Crippen LogP contribution >= 0.6 is 22.9 Å². The topological polar surface area (TPSA) is 46.2 Å². The van der Waals surface area contributed by atoms with Crippen LogP contribution < -0.4 is 5.32 Å². The second-order valence-electron chi connectivity index (χ2n) is 8.10. The van der Waals surface area contributed by atoms with Crippen molar-refractivity contribution < 1.29 is 9.59 Å². The van der Waals surface area contributed by atoms with Crippen molar-refractivity contribution in [2.45, 2.75) is 40.0 Å². The van der Waals surface area contributed by atoms with E-state index < -0.39 is 0 Å². The minimum atomic E-state index is -0.225. The molecule has 3 aromatic rings. The molecule has 1 amide bonds. The van der Waals surface area contributed by atoms with Crippen LogP contribution in [0.4, 0.5) is 5.00 Å². The Morgan fingerprint density at radius 1 is 0.897 bits per heavy atom. The molecule has 1 N–H and O–H groups in total. The van der Waals surface area contributed by atoms with Crippen molar-refractivity contribution in [2.24, 2.45) is 0 Å². The fourth-order valence-electron chi connectivity index (χ4n) is 3.03. The summed E-state index contributed by atoms with van der Waals surface area (Å²) < 4.78 is 0. The van der Waals surface area contributed by atoms with Gasteiger partial charge in [-0.1, -0.05) is 44.5 Å². The van der Waals surface area contributed by atoms with Gasteiger partial charge in [0.1, 0.15) is 5.00 Å². The van der Waals surface area contributed by atoms with Crippen LogP contribution in [0.15, 0.2) is 48.5 Å². The molecule has 0 fully saturated rings. The Morgan fingerprint density at radius 3 is 2.00 bits per heavy atom. The summed E-state index contributed by atoms with van der Waals surface area (Å²) in [6, 6.07) is 14.4. The van der Waals surface area contributed by atoms with Gasteiger partial charge in [0.2, 0.25) is 0 Å². The number of hydrogen-bond donors (Lipinski definition) is 1. The Labute approximate surface area is 180 Å². The third-order valence-electron chi connectivity index (χ3n) is 4.96. The van der Waals surface area contributed by atoms with Crippen LogP contribution in [0.1, 0.15) is 63.1 Å². The monoisotopic (exact) mass is 425 g/mol. The van der Waals surface area contributed by atoms with Gasteiger partial charge in [0.15, 0.2) is 5.78 Å². The van der Waals surface area contributed by atoms with E-state index in [0.717, 1.165) is 16.0 Å². The predicted molar refractivity (Wildman–Crippen MR) is 122 cm³/mol. The smallest absolute Gasteiger partial charge is 0.256 e. The van der Waals surface area contributed by atoms with E-state index in [4.69, 9.17) is 11.6 Å². The number of thiophene rings is 1. The molecule has 1 heterocycles. The molecule has 150 valence electrons. The molecule has 0 unspecified atom stereocenters. The Balaban J connectivity index is 1.90. The van der Waals surface area contributed by atoms with E-state index in [1.807, 2.05) is 38.1 Å². The van der Waals surface area contributed by atoms with Crippen LogP contribution in [0.5, 0.6) is 0 Å². The lowest BCUT2D eigenvalue weighted by molar-refractivity contribution is 0.102. The Morgan fingerprint density at radius 2 is 1.45 bits per heavy atom. The van der Waals surface area contributed by atoms with Gasteiger partial charge in [0.25, 0.3) is 5.91 Å². The van der Waals surface area contributed by atoms with Crippen molar-refractivity contribution in [3.63, 3.8) is 0 Å². The van der Waals surface area contributed by atoms with Crippen molar-refractivity contribution in [2.75, 3.05) is 5.32 Å². The number of carbonyl (C=O) groups is 2. The predicted octanol–water partition coefficient (Wildman–Crippen LogP) is 6.80. The molecule has 0 aliphatic heterocycles. The number of carbonyl (C=O) groups excluding carboxylic acids is 2. The highest BCUT2D eigenvalue weighted by atomic mass is 35.5. The van der Waals surface area contributed by atoms with Crippen molar-refractivity contribution in [1.82, 2.24) is 0 Å². The van der Waals surface area contributed by atoms with Gasteiger partial charge in [0, 0.05) is 21.0 Å². The quantitative estimate of drug-likeness (QED) is 0.467. The van der Waals surface area contributed by atoms with Crippen LogP contribution in [0, 0.1) is 13.8 Å².